The van der Waals surface area contributed by atoms with Gasteiger partial charge in [0.15, 0.2) is 0 Å². The van der Waals surface area contributed by atoms with Crippen molar-refractivity contribution in [3.05, 3.63) is 28.3 Å². The summed E-state index contributed by atoms with van der Waals surface area (Å²) < 4.78 is 0. The molecule has 0 aliphatic carbocycles. The highest BCUT2D eigenvalue weighted by Gasteiger charge is 2.18. The fourth-order valence-corrected chi connectivity index (χ4v) is 1.41. The molecule has 0 aromatic heterocycles. The van der Waals surface area contributed by atoms with Gasteiger partial charge >= 0.3 is 5.69 Å². The number of nitrogens with one attached hydrogen (secondary N) is 2. The van der Waals surface area contributed by atoms with E-state index < -0.39 is 4.92 Å². The number of nitro benzene ring substituents is 1. The maximum absolute atomic E-state index is 11.0. The van der Waals surface area contributed by atoms with Gasteiger partial charge < -0.3 is 15.6 Å². The van der Waals surface area contributed by atoms with Crippen LogP contribution in [0.15, 0.2) is 18.2 Å². The van der Waals surface area contributed by atoms with Gasteiger partial charge in [-0.3, -0.25) is 16.0 Å². The number of anilines is 2. The van der Waals surface area contributed by atoms with E-state index in [2.05, 4.69) is 10.7 Å². The minimum atomic E-state index is -0.451. The predicted molar refractivity (Wildman–Crippen MR) is 68.0 cm³/mol. The first-order valence-electron chi connectivity index (χ1n) is 5.19. The van der Waals surface area contributed by atoms with E-state index in [-0.39, 0.29) is 5.69 Å². The number of nitrogens with two attached hydrogens (primary N) is 1. The third-order valence-electron chi connectivity index (χ3n) is 2.25. The molecule has 0 saturated carbocycles. The van der Waals surface area contributed by atoms with Crippen LogP contribution in [0.1, 0.15) is 0 Å². The van der Waals surface area contributed by atoms with E-state index in [0.29, 0.717) is 17.9 Å². The molecule has 0 spiro atoms. The number of para-hydroxylation sites is 1. The van der Waals surface area contributed by atoms with Crippen LogP contribution in [0.25, 0.3) is 0 Å². The number of nitro groups is 1. The quantitative estimate of drug-likeness (QED) is 0.387. The standard InChI is InChI=1S/C10H17N5O2/c1-14(2)7-6-12-8-4-3-5-9(13-11)10(8)15(16)17/h3-5,12-13H,6-7,11H2,1-2H3. The smallest absolute Gasteiger partial charge is 0.316 e. The number of nitrogens with zero attached hydrogens (tertiary/aromatic N) is 2. The van der Waals surface area contributed by atoms with Gasteiger partial charge in [0.2, 0.25) is 0 Å². The second-order valence-corrected chi connectivity index (χ2v) is 3.83. The number of nitrogen functional groups attached to an aromatic ring is 1. The minimum absolute atomic E-state index is 0.0336. The van der Waals surface area contributed by atoms with E-state index in [0.717, 1.165) is 6.54 Å². The van der Waals surface area contributed by atoms with Gasteiger partial charge in [-0.05, 0) is 26.2 Å². The summed E-state index contributed by atoms with van der Waals surface area (Å²) >= 11 is 0. The number of rotatable bonds is 6. The Bertz CT molecular complexity index is 394. The predicted octanol–water partition coefficient (Wildman–Crippen LogP) is 0.854. The number of benzene rings is 1. The highest BCUT2D eigenvalue weighted by molar-refractivity contribution is 5.75. The maximum atomic E-state index is 11.0. The van der Waals surface area contributed by atoms with E-state index in [4.69, 9.17) is 5.84 Å². The van der Waals surface area contributed by atoms with Gasteiger partial charge in [-0.15, -0.1) is 0 Å². The molecule has 0 atom stereocenters. The van der Waals surface area contributed by atoms with Crippen LogP contribution < -0.4 is 16.6 Å². The second kappa shape index (κ2) is 6.02. The molecular weight excluding hydrogens is 222 g/mol. The summed E-state index contributed by atoms with van der Waals surface area (Å²) in [6, 6.07) is 4.93. The highest BCUT2D eigenvalue weighted by atomic mass is 16.6. The molecule has 0 bridgehead atoms. The molecule has 4 N–H and O–H groups in total. The van der Waals surface area contributed by atoms with Gasteiger partial charge in [0.25, 0.3) is 0 Å². The van der Waals surface area contributed by atoms with Crippen molar-refractivity contribution in [1.82, 2.24) is 4.90 Å². The molecule has 1 aromatic rings. The molecule has 7 nitrogen and oxygen atoms in total. The first-order chi connectivity index (χ1) is 8.06. The third kappa shape index (κ3) is 3.58. The zero-order valence-corrected chi connectivity index (χ0v) is 9.93. The monoisotopic (exact) mass is 239 g/mol. The van der Waals surface area contributed by atoms with Crippen LogP contribution in [0.5, 0.6) is 0 Å². The van der Waals surface area contributed by atoms with Gasteiger partial charge in [-0.1, -0.05) is 6.07 Å². The Balaban J connectivity index is 2.87. The summed E-state index contributed by atoms with van der Waals surface area (Å²) in [5.74, 6) is 5.24. The maximum Gasteiger partial charge on any atom is 0.316 e. The van der Waals surface area contributed by atoms with Crippen LogP contribution in [-0.2, 0) is 0 Å². The Morgan fingerprint density at radius 1 is 1.41 bits per heavy atom. The van der Waals surface area contributed by atoms with Gasteiger partial charge in [0.05, 0.1) is 4.92 Å². The highest BCUT2D eigenvalue weighted by Crippen LogP contribution is 2.31. The molecule has 0 fully saturated rings. The summed E-state index contributed by atoms with van der Waals surface area (Å²) in [6.45, 7) is 1.42. The number of hydrogen-bond donors (Lipinski definition) is 3. The molecule has 0 radical (unpaired) electrons. The summed E-state index contributed by atoms with van der Waals surface area (Å²) in [5, 5.41) is 14.0. The summed E-state index contributed by atoms with van der Waals surface area (Å²) in [6.07, 6.45) is 0. The van der Waals surface area contributed by atoms with Crippen LogP contribution in [0.2, 0.25) is 0 Å². The molecule has 17 heavy (non-hydrogen) atoms. The molecule has 0 heterocycles. The second-order valence-electron chi connectivity index (χ2n) is 3.83. The number of hydrazine groups is 1. The minimum Gasteiger partial charge on any atom is -0.378 e. The zero-order chi connectivity index (χ0) is 12.8. The molecular formula is C10H17N5O2. The van der Waals surface area contributed by atoms with Crippen molar-refractivity contribution in [2.75, 3.05) is 37.9 Å². The lowest BCUT2D eigenvalue weighted by molar-refractivity contribution is -0.383. The fraction of sp³-hybridized carbons (Fsp3) is 0.400. The van der Waals surface area contributed by atoms with Crippen LogP contribution >= 0.6 is 0 Å². The molecule has 0 saturated heterocycles. The SMILES string of the molecule is CN(C)CCNc1cccc(NN)c1[N+](=O)[O-]. The van der Waals surface area contributed by atoms with Gasteiger partial charge in [-0.2, -0.15) is 0 Å². The zero-order valence-electron chi connectivity index (χ0n) is 9.93. The Morgan fingerprint density at radius 3 is 2.59 bits per heavy atom. The van der Waals surface area contributed by atoms with Crippen molar-refractivity contribution in [1.29, 1.82) is 0 Å². The van der Waals surface area contributed by atoms with Gasteiger partial charge in [0, 0.05) is 13.1 Å². The van der Waals surface area contributed by atoms with Crippen LogP contribution in [0.4, 0.5) is 17.1 Å². The Kier molecular flexibility index (Phi) is 4.68. The summed E-state index contributed by atoms with van der Waals surface area (Å²) in [7, 11) is 3.88. The lowest BCUT2D eigenvalue weighted by Crippen LogP contribution is -2.21. The largest absolute Gasteiger partial charge is 0.378 e. The first kappa shape index (κ1) is 13.2. The van der Waals surface area contributed by atoms with Crippen LogP contribution in [-0.4, -0.2) is 37.0 Å². The van der Waals surface area contributed by atoms with E-state index in [1.54, 1.807) is 18.2 Å². The van der Waals surface area contributed by atoms with E-state index in [1.807, 2.05) is 19.0 Å². The fourth-order valence-electron chi connectivity index (χ4n) is 1.41. The molecule has 1 rings (SSSR count). The Labute approximate surface area is 99.7 Å². The summed E-state index contributed by atoms with van der Waals surface area (Å²) in [4.78, 5) is 12.5. The summed E-state index contributed by atoms with van der Waals surface area (Å²) in [5.41, 5.74) is 3.05. The van der Waals surface area contributed by atoms with Crippen LogP contribution in [0, 0.1) is 10.1 Å². The third-order valence-corrected chi connectivity index (χ3v) is 2.25. The molecule has 0 aliphatic rings. The average Bonchev–Trinajstić information content (AvgIpc) is 2.27. The van der Waals surface area contributed by atoms with Crippen molar-refractivity contribution < 1.29 is 4.92 Å². The normalized spacial score (nSPS) is 10.4. The van der Waals surface area contributed by atoms with Crippen molar-refractivity contribution in [2.45, 2.75) is 0 Å². The van der Waals surface area contributed by atoms with Crippen LogP contribution in [0.3, 0.4) is 0 Å². The lowest BCUT2D eigenvalue weighted by Gasteiger charge is -2.12. The molecule has 94 valence electrons. The Morgan fingerprint density at radius 2 is 2.06 bits per heavy atom. The Hall–Kier alpha value is -1.86. The van der Waals surface area contributed by atoms with Gasteiger partial charge in [-0.25, -0.2) is 0 Å². The first-order valence-corrected chi connectivity index (χ1v) is 5.19. The van der Waals surface area contributed by atoms with Crippen molar-refractivity contribution >= 4 is 17.1 Å². The van der Waals surface area contributed by atoms with E-state index in [1.165, 1.54) is 0 Å². The molecule has 0 amide bonds. The van der Waals surface area contributed by atoms with Gasteiger partial charge in [0.1, 0.15) is 11.4 Å². The van der Waals surface area contributed by atoms with E-state index in [9.17, 15) is 10.1 Å². The topological polar surface area (TPSA) is 96.5 Å². The van der Waals surface area contributed by atoms with Crippen molar-refractivity contribution in [2.24, 2.45) is 5.84 Å². The van der Waals surface area contributed by atoms with Crippen molar-refractivity contribution in [3.8, 4) is 0 Å². The molecule has 0 unspecified atom stereocenters. The molecule has 0 aliphatic heterocycles. The number of likely N-dealkylation sites (N-methyl/N-ethyl adjacent to an activating group) is 1. The van der Waals surface area contributed by atoms with Crippen molar-refractivity contribution in [3.63, 3.8) is 0 Å². The molecule has 1 aromatic carbocycles. The molecule has 7 heteroatoms. The average molecular weight is 239 g/mol. The lowest BCUT2D eigenvalue weighted by atomic mass is 10.2. The number of hydrogen-bond acceptors (Lipinski definition) is 6. The van der Waals surface area contributed by atoms with E-state index >= 15 is 0 Å².